The van der Waals surface area contributed by atoms with Gasteiger partial charge in [0.25, 0.3) is 5.69 Å². The van der Waals surface area contributed by atoms with Crippen molar-refractivity contribution in [3.05, 3.63) is 39.2 Å². The molecule has 27 heavy (non-hydrogen) atoms. The zero-order valence-corrected chi connectivity index (χ0v) is 16.1. The van der Waals surface area contributed by atoms with E-state index in [4.69, 9.17) is 0 Å². The quantitative estimate of drug-likeness (QED) is 0.441. The topological polar surface area (TPSA) is 103 Å². The monoisotopic (exact) mass is 387 g/mol. The van der Waals surface area contributed by atoms with Crippen molar-refractivity contribution in [3.8, 4) is 0 Å². The lowest BCUT2D eigenvalue weighted by molar-refractivity contribution is -0.384. The van der Waals surface area contributed by atoms with Crippen molar-refractivity contribution < 1.29 is 9.72 Å². The minimum Gasteiger partial charge on any atom is -0.320 e. The van der Waals surface area contributed by atoms with Gasteiger partial charge in [0, 0.05) is 18.0 Å². The third-order valence-corrected chi connectivity index (χ3v) is 5.90. The normalized spacial score (nSPS) is 16.4. The average Bonchev–Trinajstić information content (AvgIpc) is 3.54. The van der Waals surface area contributed by atoms with Crippen LogP contribution in [0, 0.1) is 24.0 Å². The van der Waals surface area contributed by atoms with Gasteiger partial charge in [-0.3, -0.25) is 14.9 Å². The van der Waals surface area contributed by atoms with Gasteiger partial charge in [-0.2, -0.15) is 0 Å². The molecule has 0 bridgehead atoms. The summed E-state index contributed by atoms with van der Waals surface area (Å²) in [6, 6.07) is 3.60. The van der Waals surface area contributed by atoms with E-state index in [1.165, 1.54) is 17.8 Å². The molecule has 2 aromatic rings. The number of hydrogen-bond donors (Lipinski definition) is 1. The number of carbonyl (C=O) groups is 1. The van der Waals surface area contributed by atoms with Gasteiger partial charge in [-0.25, -0.2) is 0 Å². The van der Waals surface area contributed by atoms with Crippen LogP contribution in [-0.2, 0) is 4.79 Å². The van der Waals surface area contributed by atoms with Gasteiger partial charge >= 0.3 is 0 Å². The van der Waals surface area contributed by atoms with Crippen LogP contribution >= 0.6 is 11.8 Å². The van der Waals surface area contributed by atoms with Gasteiger partial charge in [-0.05, 0) is 56.7 Å². The first kappa shape index (κ1) is 18.0. The molecule has 1 amide bonds. The Morgan fingerprint density at radius 2 is 1.96 bits per heavy atom. The largest absolute Gasteiger partial charge is 0.320 e. The van der Waals surface area contributed by atoms with Crippen LogP contribution < -0.4 is 5.32 Å². The number of hydrogen-bond acceptors (Lipinski definition) is 6. The van der Waals surface area contributed by atoms with Gasteiger partial charge in [0.05, 0.1) is 10.7 Å². The van der Waals surface area contributed by atoms with Gasteiger partial charge in [0.1, 0.15) is 11.5 Å². The van der Waals surface area contributed by atoms with Crippen molar-refractivity contribution in [2.24, 2.45) is 0 Å². The molecule has 0 atom stereocenters. The Bertz CT molecular complexity index is 918. The molecule has 0 saturated heterocycles. The van der Waals surface area contributed by atoms with Crippen LogP contribution in [-0.4, -0.2) is 31.3 Å². The fourth-order valence-electron chi connectivity index (χ4n) is 3.05. The van der Waals surface area contributed by atoms with Crippen LogP contribution in [0.5, 0.6) is 0 Å². The average molecular weight is 387 g/mol. The SMILES string of the molecule is Cc1cc(NC(=O)CSc2nnc(C3CC3)n2C2CC2)c([N+](=O)[O-])cc1C. The molecule has 2 aliphatic carbocycles. The van der Waals surface area contributed by atoms with Crippen LogP contribution in [0.1, 0.15) is 54.6 Å². The van der Waals surface area contributed by atoms with E-state index < -0.39 is 4.92 Å². The van der Waals surface area contributed by atoms with E-state index in [2.05, 4.69) is 20.1 Å². The van der Waals surface area contributed by atoms with E-state index in [0.29, 0.717) is 12.0 Å². The lowest BCUT2D eigenvalue weighted by Crippen LogP contribution is -2.16. The number of carbonyl (C=O) groups excluding carboxylic acids is 1. The molecule has 4 rings (SSSR count). The number of rotatable bonds is 7. The fourth-order valence-corrected chi connectivity index (χ4v) is 3.86. The maximum atomic E-state index is 12.4. The molecule has 8 nitrogen and oxygen atoms in total. The Labute approximate surface area is 160 Å². The number of aryl methyl sites for hydroxylation is 2. The molecular formula is C18H21N5O3S. The highest BCUT2D eigenvalue weighted by molar-refractivity contribution is 7.99. The zero-order chi connectivity index (χ0) is 19.1. The maximum absolute atomic E-state index is 12.4. The molecule has 0 spiro atoms. The summed E-state index contributed by atoms with van der Waals surface area (Å²) in [6.07, 6.45) is 4.58. The van der Waals surface area contributed by atoms with Crippen molar-refractivity contribution in [2.75, 3.05) is 11.1 Å². The van der Waals surface area contributed by atoms with E-state index in [1.54, 1.807) is 6.07 Å². The minimum absolute atomic E-state index is 0.0892. The lowest BCUT2D eigenvalue weighted by atomic mass is 10.1. The van der Waals surface area contributed by atoms with Crippen molar-refractivity contribution >= 4 is 29.0 Å². The van der Waals surface area contributed by atoms with Crippen LogP contribution in [0.15, 0.2) is 17.3 Å². The van der Waals surface area contributed by atoms with E-state index in [1.807, 2.05) is 13.8 Å². The summed E-state index contributed by atoms with van der Waals surface area (Å²) < 4.78 is 2.19. The number of nitrogens with zero attached hydrogens (tertiary/aromatic N) is 4. The highest BCUT2D eigenvalue weighted by atomic mass is 32.2. The Balaban J connectivity index is 1.45. The van der Waals surface area contributed by atoms with E-state index >= 15 is 0 Å². The fraction of sp³-hybridized carbons (Fsp3) is 0.500. The number of benzene rings is 1. The van der Waals surface area contributed by atoms with Crippen molar-refractivity contribution in [1.82, 2.24) is 14.8 Å². The number of aromatic nitrogens is 3. The maximum Gasteiger partial charge on any atom is 0.293 e. The summed E-state index contributed by atoms with van der Waals surface area (Å²) in [7, 11) is 0. The summed E-state index contributed by atoms with van der Waals surface area (Å²) in [6.45, 7) is 3.67. The molecule has 2 fully saturated rings. The molecule has 2 aliphatic rings. The van der Waals surface area contributed by atoms with Crippen molar-refractivity contribution in [2.45, 2.75) is 56.6 Å². The van der Waals surface area contributed by atoms with Gasteiger partial charge in [-0.1, -0.05) is 11.8 Å². The first-order valence-electron chi connectivity index (χ1n) is 9.07. The number of nitro groups is 1. The summed E-state index contributed by atoms with van der Waals surface area (Å²) in [5.74, 6) is 1.41. The third kappa shape index (κ3) is 3.83. The number of amides is 1. The van der Waals surface area contributed by atoms with E-state index in [0.717, 1.165) is 47.8 Å². The van der Waals surface area contributed by atoms with Crippen molar-refractivity contribution in [1.29, 1.82) is 0 Å². The van der Waals surface area contributed by atoms with Crippen LogP contribution in [0.3, 0.4) is 0 Å². The Hall–Kier alpha value is -2.42. The van der Waals surface area contributed by atoms with Crippen LogP contribution in [0.25, 0.3) is 0 Å². The molecular weight excluding hydrogens is 366 g/mol. The zero-order valence-electron chi connectivity index (χ0n) is 15.3. The van der Waals surface area contributed by atoms with Gasteiger partial charge < -0.3 is 9.88 Å². The van der Waals surface area contributed by atoms with Crippen LogP contribution in [0.4, 0.5) is 11.4 Å². The molecule has 0 aliphatic heterocycles. The molecule has 1 aromatic heterocycles. The van der Waals surface area contributed by atoms with Crippen LogP contribution in [0.2, 0.25) is 0 Å². The second-order valence-corrected chi connectivity index (χ2v) is 8.21. The smallest absolute Gasteiger partial charge is 0.293 e. The number of thioether (sulfide) groups is 1. The Morgan fingerprint density at radius 3 is 2.59 bits per heavy atom. The summed E-state index contributed by atoms with van der Waals surface area (Å²) >= 11 is 1.34. The van der Waals surface area contributed by atoms with E-state index in [-0.39, 0.29) is 23.0 Å². The molecule has 1 N–H and O–H groups in total. The molecule has 1 heterocycles. The number of anilines is 1. The summed E-state index contributed by atoms with van der Waals surface area (Å²) in [5, 5.41) is 23.3. The first-order chi connectivity index (χ1) is 12.9. The standard InChI is InChI=1S/C18H21N5O3S/c1-10-7-14(15(23(25)26)8-11(10)2)19-16(24)9-27-18-21-20-17(12-3-4-12)22(18)13-5-6-13/h7-8,12-13H,3-6,9H2,1-2H3,(H,19,24). The molecule has 142 valence electrons. The molecule has 9 heteroatoms. The lowest BCUT2D eigenvalue weighted by Gasteiger charge is -2.10. The summed E-state index contributed by atoms with van der Waals surface area (Å²) in [5.41, 5.74) is 1.86. The minimum atomic E-state index is -0.471. The highest BCUT2D eigenvalue weighted by Crippen LogP contribution is 2.46. The number of nitro benzene ring substituents is 1. The second-order valence-electron chi connectivity index (χ2n) is 7.26. The molecule has 1 aromatic carbocycles. The molecule has 0 radical (unpaired) electrons. The second kappa shape index (κ2) is 6.95. The van der Waals surface area contributed by atoms with Gasteiger partial charge in [0.2, 0.25) is 5.91 Å². The van der Waals surface area contributed by atoms with Gasteiger partial charge in [-0.15, -0.1) is 10.2 Å². The predicted molar refractivity (Wildman–Crippen MR) is 102 cm³/mol. The summed E-state index contributed by atoms with van der Waals surface area (Å²) in [4.78, 5) is 23.2. The van der Waals surface area contributed by atoms with Crippen molar-refractivity contribution in [3.63, 3.8) is 0 Å². The van der Waals surface area contributed by atoms with Gasteiger partial charge in [0.15, 0.2) is 5.16 Å². The molecule has 0 unspecified atom stereocenters. The number of nitrogens with one attached hydrogen (secondary N) is 1. The Kier molecular flexibility index (Phi) is 4.63. The predicted octanol–water partition coefficient (Wildman–Crippen LogP) is 3.75. The Morgan fingerprint density at radius 1 is 1.26 bits per heavy atom. The highest BCUT2D eigenvalue weighted by Gasteiger charge is 2.36. The first-order valence-corrected chi connectivity index (χ1v) is 10.1. The molecule has 2 saturated carbocycles. The van der Waals surface area contributed by atoms with E-state index in [9.17, 15) is 14.9 Å². The third-order valence-electron chi connectivity index (χ3n) is 4.96.